The van der Waals surface area contributed by atoms with Gasteiger partial charge in [-0.1, -0.05) is 15.9 Å². The molecule has 1 aliphatic heterocycles. The monoisotopic (exact) mass is 349 g/mol. The van der Waals surface area contributed by atoms with Gasteiger partial charge >= 0.3 is 0 Å². The molecule has 1 aromatic rings. The summed E-state index contributed by atoms with van der Waals surface area (Å²) in [5, 5.41) is 10.9. The molecule has 2 rings (SSSR count). The van der Waals surface area contributed by atoms with Crippen LogP contribution in [0.3, 0.4) is 0 Å². The normalized spacial score (nSPS) is 18.0. The van der Waals surface area contributed by atoms with Crippen LogP contribution in [0.25, 0.3) is 0 Å². The first-order chi connectivity index (χ1) is 8.49. The quantitative estimate of drug-likeness (QED) is 0.652. The van der Waals surface area contributed by atoms with E-state index in [-0.39, 0.29) is 35.6 Å². The molecule has 0 aromatic heterocycles. The lowest BCUT2D eigenvalue weighted by molar-refractivity contribution is -0.385. The molecule has 1 atom stereocenters. The van der Waals surface area contributed by atoms with Gasteiger partial charge in [0, 0.05) is 29.7 Å². The molecule has 2 N–H and O–H groups in total. The summed E-state index contributed by atoms with van der Waals surface area (Å²) >= 11 is 3.16. The van der Waals surface area contributed by atoms with Crippen molar-refractivity contribution < 1.29 is 9.72 Å². The van der Waals surface area contributed by atoms with Crippen molar-refractivity contribution in [3.63, 3.8) is 0 Å². The number of carbonyl (C=O) groups excluding carboxylic acids is 1. The first-order valence-electron chi connectivity index (χ1n) is 5.48. The molecule has 1 heterocycles. The summed E-state index contributed by atoms with van der Waals surface area (Å²) in [4.78, 5) is 24.1. The summed E-state index contributed by atoms with van der Waals surface area (Å²) in [5.41, 5.74) is 5.65. The van der Waals surface area contributed by atoms with E-state index < -0.39 is 4.92 Å². The van der Waals surface area contributed by atoms with Gasteiger partial charge in [-0.25, -0.2) is 0 Å². The summed E-state index contributed by atoms with van der Waals surface area (Å²) in [6.45, 7) is 0.999. The van der Waals surface area contributed by atoms with Crippen molar-refractivity contribution in [2.45, 2.75) is 12.5 Å². The highest BCUT2D eigenvalue weighted by atomic mass is 79.9. The number of amides is 1. The van der Waals surface area contributed by atoms with Crippen molar-refractivity contribution in [2.24, 2.45) is 5.73 Å². The number of halogens is 2. The lowest BCUT2D eigenvalue weighted by Gasteiger charge is -2.15. The van der Waals surface area contributed by atoms with E-state index in [1.165, 1.54) is 12.1 Å². The highest BCUT2D eigenvalue weighted by Crippen LogP contribution is 2.25. The Labute approximate surface area is 124 Å². The van der Waals surface area contributed by atoms with E-state index in [4.69, 9.17) is 5.73 Å². The van der Waals surface area contributed by atoms with Crippen LogP contribution in [0.2, 0.25) is 0 Å². The predicted octanol–water partition coefficient (Wildman–Crippen LogP) is 1.95. The van der Waals surface area contributed by atoms with Crippen LogP contribution in [-0.2, 0) is 0 Å². The number of nitrogens with zero attached hydrogens (tertiary/aromatic N) is 2. The molecule has 1 aromatic carbocycles. The van der Waals surface area contributed by atoms with E-state index in [1.54, 1.807) is 11.0 Å². The molecule has 0 spiro atoms. The zero-order valence-electron chi connectivity index (χ0n) is 9.91. The average molecular weight is 351 g/mol. The van der Waals surface area contributed by atoms with Crippen LogP contribution >= 0.6 is 28.3 Å². The molecule has 6 nitrogen and oxygen atoms in total. The zero-order valence-corrected chi connectivity index (χ0v) is 12.3. The van der Waals surface area contributed by atoms with Gasteiger partial charge in [-0.05, 0) is 18.6 Å². The van der Waals surface area contributed by atoms with Crippen LogP contribution in [0.5, 0.6) is 0 Å². The first kappa shape index (κ1) is 15.9. The molecule has 1 aliphatic rings. The number of nitrogens with two attached hydrogens (primary N) is 1. The Morgan fingerprint density at radius 1 is 1.53 bits per heavy atom. The Morgan fingerprint density at radius 2 is 2.21 bits per heavy atom. The second-order valence-corrected chi connectivity index (χ2v) is 5.13. The van der Waals surface area contributed by atoms with Crippen molar-refractivity contribution in [3.8, 4) is 0 Å². The topological polar surface area (TPSA) is 89.5 Å². The SMILES string of the molecule is Cl.N[C@@H]1CCN(C(=O)c2ccc(Br)cc2[N+](=O)[O-])C1. The highest BCUT2D eigenvalue weighted by molar-refractivity contribution is 9.10. The van der Waals surface area contributed by atoms with E-state index in [2.05, 4.69) is 15.9 Å². The van der Waals surface area contributed by atoms with E-state index in [1.807, 2.05) is 0 Å². The maximum Gasteiger partial charge on any atom is 0.283 e. The van der Waals surface area contributed by atoms with Crippen LogP contribution in [0.4, 0.5) is 5.69 Å². The third-order valence-corrected chi connectivity index (χ3v) is 3.39. The van der Waals surface area contributed by atoms with Crippen LogP contribution < -0.4 is 5.73 Å². The number of likely N-dealkylation sites (tertiary alicyclic amines) is 1. The number of benzene rings is 1. The van der Waals surface area contributed by atoms with Gasteiger partial charge in [0.25, 0.3) is 11.6 Å². The molecule has 0 bridgehead atoms. The standard InChI is InChI=1S/C11H12BrN3O3.ClH/c12-7-1-2-9(10(5-7)15(17)18)11(16)14-4-3-8(13)6-14;/h1-2,5,8H,3-4,6,13H2;1H/t8-;/m1./s1. The van der Waals surface area contributed by atoms with E-state index >= 15 is 0 Å². The third kappa shape index (κ3) is 3.43. The number of rotatable bonds is 2. The van der Waals surface area contributed by atoms with E-state index in [9.17, 15) is 14.9 Å². The molecule has 0 aliphatic carbocycles. The molecule has 0 unspecified atom stereocenters. The second kappa shape index (κ2) is 6.31. The lowest BCUT2D eigenvalue weighted by atomic mass is 10.1. The molecule has 1 saturated heterocycles. The molecular weight excluding hydrogens is 337 g/mol. The van der Waals surface area contributed by atoms with Gasteiger partial charge in [-0.2, -0.15) is 0 Å². The molecule has 0 saturated carbocycles. The van der Waals surface area contributed by atoms with Gasteiger partial charge in [-0.3, -0.25) is 14.9 Å². The minimum Gasteiger partial charge on any atom is -0.337 e. The molecular formula is C11H13BrClN3O3. The third-order valence-electron chi connectivity index (χ3n) is 2.90. The fourth-order valence-electron chi connectivity index (χ4n) is 1.98. The summed E-state index contributed by atoms with van der Waals surface area (Å²) in [6, 6.07) is 4.39. The van der Waals surface area contributed by atoms with E-state index in [0.717, 1.165) is 6.42 Å². The largest absolute Gasteiger partial charge is 0.337 e. The van der Waals surface area contributed by atoms with Crippen molar-refractivity contribution in [3.05, 3.63) is 38.3 Å². The molecule has 0 radical (unpaired) electrons. The number of nitro benzene ring substituents is 1. The number of nitro groups is 1. The number of hydrogen-bond acceptors (Lipinski definition) is 4. The van der Waals surface area contributed by atoms with Gasteiger partial charge < -0.3 is 10.6 Å². The summed E-state index contributed by atoms with van der Waals surface area (Å²) < 4.78 is 0.573. The molecule has 8 heteroatoms. The Kier molecular flexibility index (Phi) is 5.28. The van der Waals surface area contributed by atoms with Gasteiger partial charge in [0.05, 0.1) is 4.92 Å². The summed E-state index contributed by atoms with van der Waals surface area (Å²) in [5.74, 6) is -0.331. The number of hydrogen-bond donors (Lipinski definition) is 1. The van der Waals surface area contributed by atoms with Crippen molar-refractivity contribution in [1.29, 1.82) is 0 Å². The van der Waals surface area contributed by atoms with E-state index in [0.29, 0.717) is 17.6 Å². The van der Waals surface area contributed by atoms with Gasteiger partial charge in [0.2, 0.25) is 0 Å². The summed E-state index contributed by atoms with van der Waals surface area (Å²) in [7, 11) is 0. The van der Waals surface area contributed by atoms with Gasteiger partial charge in [-0.15, -0.1) is 12.4 Å². The maximum absolute atomic E-state index is 12.2. The Balaban J connectivity index is 0.00000180. The molecule has 104 valence electrons. The maximum atomic E-state index is 12.2. The molecule has 19 heavy (non-hydrogen) atoms. The van der Waals surface area contributed by atoms with Crippen LogP contribution in [0, 0.1) is 10.1 Å². The number of carbonyl (C=O) groups is 1. The molecule has 1 fully saturated rings. The van der Waals surface area contributed by atoms with Crippen LogP contribution in [0.1, 0.15) is 16.8 Å². The Hall–Kier alpha value is -1.18. The summed E-state index contributed by atoms with van der Waals surface area (Å²) in [6.07, 6.45) is 0.732. The Bertz CT molecular complexity index is 512. The fraction of sp³-hybridized carbons (Fsp3) is 0.364. The van der Waals surface area contributed by atoms with Crippen LogP contribution in [0.15, 0.2) is 22.7 Å². The van der Waals surface area contributed by atoms with Crippen molar-refractivity contribution >= 4 is 39.9 Å². The van der Waals surface area contributed by atoms with Gasteiger partial charge in [0.15, 0.2) is 0 Å². The zero-order chi connectivity index (χ0) is 13.3. The smallest absolute Gasteiger partial charge is 0.283 e. The minimum absolute atomic E-state index is 0. The highest BCUT2D eigenvalue weighted by Gasteiger charge is 2.29. The molecule has 1 amide bonds. The van der Waals surface area contributed by atoms with Gasteiger partial charge in [0.1, 0.15) is 5.56 Å². The average Bonchev–Trinajstić information content (AvgIpc) is 2.75. The first-order valence-corrected chi connectivity index (χ1v) is 6.27. The minimum atomic E-state index is -0.548. The fourth-order valence-corrected chi connectivity index (χ4v) is 2.33. The second-order valence-electron chi connectivity index (χ2n) is 4.22. The van der Waals surface area contributed by atoms with Crippen molar-refractivity contribution in [1.82, 2.24) is 4.90 Å². The Morgan fingerprint density at radius 3 is 2.74 bits per heavy atom. The predicted molar refractivity (Wildman–Crippen MR) is 76.5 cm³/mol. The lowest BCUT2D eigenvalue weighted by Crippen LogP contribution is -2.32. The van der Waals surface area contributed by atoms with Crippen LogP contribution in [-0.4, -0.2) is 34.9 Å². The van der Waals surface area contributed by atoms with Crippen molar-refractivity contribution in [2.75, 3.05) is 13.1 Å².